The molecule has 8 nitrogen and oxygen atoms in total. The number of hydrogen-bond donors (Lipinski definition) is 4. The molecule has 0 bridgehead atoms. The minimum absolute atomic E-state index is 0.125. The summed E-state index contributed by atoms with van der Waals surface area (Å²) in [6, 6.07) is 0. The Balaban J connectivity index is 0. The van der Waals surface area contributed by atoms with Crippen molar-refractivity contribution < 1.29 is 22.3 Å². The number of amides is 1. The van der Waals surface area contributed by atoms with Gasteiger partial charge in [-0.05, 0) is 6.42 Å². The van der Waals surface area contributed by atoms with Crippen LogP contribution in [0.2, 0.25) is 0 Å². The van der Waals surface area contributed by atoms with E-state index >= 15 is 0 Å². The zero-order chi connectivity index (χ0) is 15.3. The number of carbonyl (C=O) groups is 1. The van der Waals surface area contributed by atoms with E-state index in [0.717, 1.165) is 19.3 Å². The Labute approximate surface area is 117 Å². The lowest BCUT2D eigenvalue weighted by Crippen LogP contribution is -2.13. The predicted molar refractivity (Wildman–Crippen MR) is 76.5 cm³/mol. The molecule has 0 aromatic rings. The molecule has 6 N–H and O–H groups in total. The number of aliphatic imine (C=N–C) groups is 1. The second kappa shape index (κ2) is 12.4. The van der Waals surface area contributed by atoms with E-state index < -0.39 is 10.4 Å². The van der Waals surface area contributed by atoms with Crippen LogP contribution in [0.3, 0.4) is 0 Å². The van der Waals surface area contributed by atoms with Crippen molar-refractivity contribution in [3.05, 3.63) is 0 Å². The van der Waals surface area contributed by atoms with Gasteiger partial charge in [-0.2, -0.15) is 13.4 Å². The first-order valence-corrected chi connectivity index (χ1v) is 7.98. The van der Waals surface area contributed by atoms with E-state index in [4.69, 9.17) is 29.0 Å². The summed E-state index contributed by atoms with van der Waals surface area (Å²) in [5.74, 6) is 0.581. The highest BCUT2D eigenvalue weighted by Crippen LogP contribution is 2.03. The third kappa shape index (κ3) is 26.8. The van der Waals surface area contributed by atoms with Gasteiger partial charge in [0.25, 0.3) is 0 Å². The Kier molecular flexibility index (Phi) is 13.4. The van der Waals surface area contributed by atoms with Crippen LogP contribution < -0.4 is 11.5 Å². The van der Waals surface area contributed by atoms with Crippen LogP contribution in [0, 0.1) is 0 Å². The summed E-state index contributed by atoms with van der Waals surface area (Å²) in [6.07, 6.45) is 3.57. The van der Waals surface area contributed by atoms with Crippen LogP contribution in [-0.2, 0) is 15.2 Å². The Morgan fingerprint density at radius 2 is 1.84 bits per heavy atom. The first kappa shape index (κ1) is 20.6. The maximum Gasteiger partial charge on any atom is 0.394 e. The largest absolute Gasteiger partial charge is 0.394 e. The monoisotopic (exact) mass is 315 g/mol. The van der Waals surface area contributed by atoms with Crippen molar-refractivity contribution in [1.82, 2.24) is 0 Å². The molecule has 1 amide bonds. The SMILES string of the molecule is CCCCCC(=O)N=C(N)SCCN.O=S(=O)(O)O. The Hall–Kier alpha value is -0.680. The van der Waals surface area contributed by atoms with E-state index in [-0.39, 0.29) is 5.91 Å². The lowest BCUT2D eigenvalue weighted by Gasteiger charge is -1.98. The predicted octanol–water partition coefficient (Wildman–Crippen LogP) is 0.447. The van der Waals surface area contributed by atoms with Gasteiger partial charge in [0.2, 0.25) is 5.91 Å². The number of nitrogens with two attached hydrogens (primary N) is 2. The van der Waals surface area contributed by atoms with Gasteiger partial charge in [-0.1, -0.05) is 31.5 Å². The van der Waals surface area contributed by atoms with Crippen LogP contribution in [0.4, 0.5) is 0 Å². The molecule has 0 aliphatic carbocycles. The van der Waals surface area contributed by atoms with Crippen molar-refractivity contribution in [2.75, 3.05) is 12.3 Å². The van der Waals surface area contributed by atoms with E-state index in [2.05, 4.69) is 11.9 Å². The van der Waals surface area contributed by atoms with Crippen molar-refractivity contribution in [1.29, 1.82) is 0 Å². The average molecular weight is 315 g/mol. The molecule has 0 aliphatic rings. The number of hydrogen-bond acceptors (Lipinski definition) is 5. The maximum absolute atomic E-state index is 11.2. The van der Waals surface area contributed by atoms with Crippen LogP contribution >= 0.6 is 11.8 Å². The van der Waals surface area contributed by atoms with Crippen molar-refractivity contribution >= 4 is 33.2 Å². The molecule has 0 aromatic carbocycles. The molecule has 0 spiro atoms. The Morgan fingerprint density at radius 3 is 2.26 bits per heavy atom. The second-order valence-electron chi connectivity index (χ2n) is 3.39. The number of nitrogens with zero attached hydrogens (tertiary/aromatic N) is 1. The van der Waals surface area contributed by atoms with Gasteiger partial charge in [-0.3, -0.25) is 13.9 Å². The molecule has 0 rings (SSSR count). The normalized spacial score (nSPS) is 11.7. The van der Waals surface area contributed by atoms with Gasteiger partial charge in [0.15, 0.2) is 5.17 Å². The molecular weight excluding hydrogens is 294 g/mol. The summed E-state index contributed by atoms with van der Waals surface area (Å²) >= 11 is 1.33. The van der Waals surface area contributed by atoms with Crippen LogP contribution in [0.25, 0.3) is 0 Å². The summed E-state index contributed by atoms with van der Waals surface area (Å²) < 4.78 is 31.6. The Bertz CT molecular complexity index is 362. The lowest BCUT2D eigenvalue weighted by atomic mass is 10.2. The van der Waals surface area contributed by atoms with Crippen molar-refractivity contribution in [3.8, 4) is 0 Å². The molecule has 19 heavy (non-hydrogen) atoms. The Morgan fingerprint density at radius 1 is 1.32 bits per heavy atom. The summed E-state index contributed by atoms with van der Waals surface area (Å²) in [4.78, 5) is 14.9. The van der Waals surface area contributed by atoms with Crippen LogP contribution in [-0.4, -0.2) is 40.9 Å². The molecule has 0 radical (unpaired) electrons. The fraction of sp³-hybridized carbons (Fsp3) is 0.778. The number of rotatable bonds is 6. The molecule has 114 valence electrons. The van der Waals surface area contributed by atoms with Gasteiger partial charge < -0.3 is 11.5 Å². The van der Waals surface area contributed by atoms with Crippen LogP contribution in [0.15, 0.2) is 4.99 Å². The summed E-state index contributed by atoms with van der Waals surface area (Å²) in [7, 11) is -4.67. The van der Waals surface area contributed by atoms with Crippen LogP contribution in [0.5, 0.6) is 0 Å². The van der Waals surface area contributed by atoms with Crippen molar-refractivity contribution in [3.63, 3.8) is 0 Å². The average Bonchev–Trinajstić information content (AvgIpc) is 2.24. The minimum Gasteiger partial charge on any atom is -0.378 e. The number of unbranched alkanes of at least 4 members (excludes halogenated alkanes) is 2. The zero-order valence-electron chi connectivity index (χ0n) is 10.8. The fourth-order valence-corrected chi connectivity index (χ4v) is 1.39. The molecule has 0 fully saturated rings. The van der Waals surface area contributed by atoms with E-state index in [1.54, 1.807) is 0 Å². The van der Waals surface area contributed by atoms with Gasteiger partial charge in [-0.25, -0.2) is 0 Å². The van der Waals surface area contributed by atoms with E-state index in [9.17, 15) is 4.79 Å². The highest BCUT2D eigenvalue weighted by molar-refractivity contribution is 8.13. The molecule has 0 saturated heterocycles. The summed E-state index contributed by atoms with van der Waals surface area (Å²) in [6.45, 7) is 2.64. The molecule has 0 aliphatic heterocycles. The third-order valence-corrected chi connectivity index (χ3v) is 2.42. The molecule has 0 saturated carbocycles. The first-order chi connectivity index (χ1) is 8.70. The smallest absolute Gasteiger partial charge is 0.378 e. The standard InChI is InChI=1S/C9H19N3OS.H2O4S/c1-2-3-4-5-8(13)12-9(11)14-7-6-10;1-5(2,3)4/h2-7,10H2,1H3,(H2,11,12,13);(H2,1,2,3,4). The number of amidine groups is 1. The van der Waals surface area contributed by atoms with E-state index in [1.165, 1.54) is 11.8 Å². The number of carbonyl (C=O) groups excluding carboxylic acids is 1. The lowest BCUT2D eigenvalue weighted by molar-refractivity contribution is -0.117. The fourth-order valence-electron chi connectivity index (χ4n) is 0.901. The molecule has 10 heteroatoms. The van der Waals surface area contributed by atoms with Gasteiger partial charge in [-0.15, -0.1) is 0 Å². The quantitative estimate of drug-likeness (QED) is 0.238. The van der Waals surface area contributed by atoms with Gasteiger partial charge >= 0.3 is 10.4 Å². The maximum atomic E-state index is 11.2. The minimum atomic E-state index is -4.67. The second-order valence-corrected chi connectivity index (χ2v) is 5.40. The first-order valence-electron chi connectivity index (χ1n) is 5.60. The van der Waals surface area contributed by atoms with Crippen molar-refractivity contribution in [2.45, 2.75) is 32.6 Å². The van der Waals surface area contributed by atoms with Gasteiger partial charge in [0.05, 0.1) is 0 Å². The molecule has 0 heterocycles. The summed E-state index contributed by atoms with van der Waals surface area (Å²) in [5.41, 5.74) is 10.8. The highest BCUT2D eigenvalue weighted by atomic mass is 32.3. The van der Waals surface area contributed by atoms with Gasteiger partial charge in [0, 0.05) is 18.7 Å². The molecular formula is C9H21N3O5S2. The van der Waals surface area contributed by atoms with Gasteiger partial charge in [0.1, 0.15) is 0 Å². The number of thioether (sulfide) groups is 1. The van der Waals surface area contributed by atoms with E-state index in [1.807, 2.05) is 0 Å². The topological polar surface area (TPSA) is 156 Å². The molecule has 0 unspecified atom stereocenters. The van der Waals surface area contributed by atoms with E-state index in [0.29, 0.717) is 23.9 Å². The zero-order valence-corrected chi connectivity index (χ0v) is 12.4. The highest BCUT2D eigenvalue weighted by Gasteiger charge is 2.00. The molecule has 0 atom stereocenters. The third-order valence-electron chi connectivity index (χ3n) is 1.60. The van der Waals surface area contributed by atoms with Crippen molar-refractivity contribution in [2.24, 2.45) is 16.5 Å². The molecule has 0 aromatic heterocycles. The summed E-state index contributed by atoms with van der Waals surface area (Å²) in [5, 5.41) is 0.331. The van der Waals surface area contributed by atoms with Crippen LogP contribution in [0.1, 0.15) is 32.6 Å².